The first-order chi connectivity index (χ1) is 10.1. The lowest BCUT2D eigenvalue weighted by atomic mass is 10.3. The summed E-state index contributed by atoms with van der Waals surface area (Å²) in [6, 6.07) is 8.85. The van der Waals surface area contributed by atoms with Crippen LogP contribution in [0.25, 0.3) is 0 Å². The second kappa shape index (κ2) is 7.58. The number of benzene rings is 1. The maximum atomic E-state index is 11.8. The predicted octanol–water partition coefficient (Wildman–Crippen LogP) is 3.11. The molecule has 2 N–H and O–H groups in total. The van der Waals surface area contributed by atoms with Gasteiger partial charge < -0.3 is 4.74 Å². The average molecular weight is 434 g/mol. The van der Waals surface area contributed by atoms with Crippen molar-refractivity contribution in [2.24, 2.45) is 0 Å². The Morgan fingerprint density at radius 3 is 2.43 bits per heavy atom. The van der Waals surface area contributed by atoms with Gasteiger partial charge in [0.15, 0.2) is 6.61 Å². The summed E-state index contributed by atoms with van der Waals surface area (Å²) < 4.78 is 6.89. The lowest BCUT2D eigenvalue weighted by Gasteiger charge is -2.08. The third-order valence-electron chi connectivity index (χ3n) is 2.32. The number of ether oxygens (including phenoxy) is 1. The minimum absolute atomic E-state index is 0.187. The number of rotatable bonds is 4. The van der Waals surface area contributed by atoms with Crippen LogP contribution >= 0.6 is 43.2 Å². The number of hydrazine groups is 1. The third kappa shape index (κ3) is 4.83. The Morgan fingerprint density at radius 1 is 1.10 bits per heavy atom. The summed E-state index contributed by atoms with van der Waals surface area (Å²) in [5.41, 5.74) is 4.62. The highest BCUT2D eigenvalue weighted by atomic mass is 79.9. The Kier molecular flexibility index (Phi) is 5.77. The molecule has 1 heterocycles. The van der Waals surface area contributed by atoms with Gasteiger partial charge in [0, 0.05) is 8.95 Å². The first-order valence-electron chi connectivity index (χ1n) is 5.77. The number of thiophene rings is 1. The van der Waals surface area contributed by atoms with E-state index in [4.69, 9.17) is 4.74 Å². The van der Waals surface area contributed by atoms with Crippen LogP contribution in [0.15, 0.2) is 44.7 Å². The number of nitrogens with one attached hydrogen (secondary N) is 2. The van der Waals surface area contributed by atoms with E-state index in [1.807, 2.05) is 12.1 Å². The van der Waals surface area contributed by atoms with Crippen LogP contribution in [-0.4, -0.2) is 18.4 Å². The summed E-state index contributed by atoms with van der Waals surface area (Å²) in [4.78, 5) is 23.8. The van der Waals surface area contributed by atoms with Gasteiger partial charge in [-0.2, -0.15) is 0 Å². The van der Waals surface area contributed by atoms with Crippen LogP contribution in [0.5, 0.6) is 5.75 Å². The van der Waals surface area contributed by atoms with E-state index in [0.717, 1.165) is 4.47 Å². The van der Waals surface area contributed by atoms with E-state index in [2.05, 4.69) is 42.7 Å². The van der Waals surface area contributed by atoms with Crippen molar-refractivity contribution >= 4 is 55.0 Å². The zero-order valence-electron chi connectivity index (χ0n) is 10.6. The second-order valence-corrected chi connectivity index (χ2v) is 6.53. The van der Waals surface area contributed by atoms with Crippen LogP contribution in [0.2, 0.25) is 0 Å². The first kappa shape index (κ1) is 16.0. The van der Waals surface area contributed by atoms with Crippen molar-refractivity contribution in [1.29, 1.82) is 0 Å². The van der Waals surface area contributed by atoms with E-state index < -0.39 is 5.91 Å². The molecule has 0 spiro atoms. The Hall–Kier alpha value is -1.38. The van der Waals surface area contributed by atoms with Crippen molar-refractivity contribution in [2.45, 2.75) is 0 Å². The van der Waals surface area contributed by atoms with Gasteiger partial charge in [-0.1, -0.05) is 15.9 Å². The normalized spacial score (nSPS) is 10.0. The number of carbonyl (C=O) groups is 2. The molecule has 0 saturated carbocycles. The minimum atomic E-state index is -0.445. The number of hydrogen-bond acceptors (Lipinski definition) is 4. The second-order valence-electron chi connectivity index (χ2n) is 3.84. The number of amides is 2. The number of hydrogen-bond donors (Lipinski definition) is 2. The Labute approximate surface area is 141 Å². The minimum Gasteiger partial charge on any atom is -0.484 e. The van der Waals surface area contributed by atoms with Crippen LogP contribution in [0.4, 0.5) is 0 Å². The summed E-state index contributed by atoms with van der Waals surface area (Å²) in [5, 5.41) is 1.78. The third-order valence-corrected chi connectivity index (χ3v) is 4.69. The van der Waals surface area contributed by atoms with Crippen molar-refractivity contribution < 1.29 is 14.3 Å². The molecule has 2 rings (SSSR count). The van der Waals surface area contributed by atoms with Gasteiger partial charge in [0.25, 0.3) is 11.8 Å². The lowest BCUT2D eigenvalue weighted by Crippen LogP contribution is -2.43. The topological polar surface area (TPSA) is 67.4 Å². The van der Waals surface area contributed by atoms with Crippen molar-refractivity contribution in [3.63, 3.8) is 0 Å². The van der Waals surface area contributed by atoms with Crippen molar-refractivity contribution in [3.05, 3.63) is 49.5 Å². The molecule has 0 bridgehead atoms. The quantitative estimate of drug-likeness (QED) is 0.728. The van der Waals surface area contributed by atoms with E-state index in [9.17, 15) is 9.59 Å². The highest BCUT2D eigenvalue weighted by Crippen LogP contribution is 2.22. The van der Waals surface area contributed by atoms with Gasteiger partial charge in [0.2, 0.25) is 0 Å². The van der Waals surface area contributed by atoms with E-state index in [1.54, 1.807) is 23.6 Å². The molecule has 0 aliphatic rings. The molecule has 0 aliphatic heterocycles. The van der Waals surface area contributed by atoms with Crippen LogP contribution in [-0.2, 0) is 4.79 Å². The zero-order valence-corrected chi connectivity index (χ0v) is 14.5. The molecule has 0 radical (unpaired) electrons. The summed E-state index contributed by atoms with van der Waals surface area (Å²) >= 11 is 7.83. The van der Waals surface area contributed by atoms with Gasteiger partial charge >= 0.3 is 0 Å². The highest BCUT2D eigenvalue weighted by molar-refractivity contribution is 9.10. The number of halogens is 2. The van der Waals surface area contributed by atoms with Crippen LogP contribution in [0.3, 0.4) is 0 Å². The molecule has 2 aromatic rings. The average Bonchev–Trinajstić information content (AvgIpc) is 2.90. The maximum Gasteiger partial charge on any atom is 0.280 e. The molecular weight excluding hydrogens is 424 g/mol. The fraction of sp³-hybridized carbons (Fsp3) is 0.0769. The summed E-state index contributed by atoms with van der Waals surface area (Å²) in [6.45, 7) is -0.187. The number of carbonyl (C=O) groups excluding carboxylic acids is 2. The molecule has 1 aromatic heterocycles. The largest absolute Gasteiger partial charge is 0.484 e. The van der Waals surface area contributed by atoms with E-state index in [-0.39, 0.29) is 12.5 Å². The van der Waals surface area contributed by atoms with Crippen LogP contribution in [0, 0.1) is 0 Å². The molecule has 0 unspecified atom stereocenters. The van der Waals surface area contributed by atoms with Gasteiger partial charge in [-0.25, -0.2) is 0 Å². The Morgan fingerprint density at radius 2 is 1.81 bits per heavy atom. The fourth-order valence-electron chi connectivity index (χ4n) is 1.35. The molecule has 0 atom stereocenters. The molecule has 0 aliphatic carbocycles. The molecule has 110 valence electrons. The van der Waals surface area contributed by atoms with Crippen molar-refractivity contribution in [1.82, 2.24) is 10.9 Å². The molecule has 0 saturated heterocycles. The van der Waals surface area contributed by atoms with Crippen LogP contribution < -0.4 is 15.6 Å². The molecule has 8 heteroatoms. The van der Waals surface area contributed by atoms with Gasteiger partial charge in [0.05, 0.1) is 0 Å². The van der Waals surface area contributed by atoms with Crippen molar-refractivity contribution in [3.8, 4) is 5.75 Å². The standard InChI is InChI=1S/C13H10Br2N2O3S/c14-8-1-3-9(4-2-8)20-7-11(18)16-17-13(19)12-10(15)5-6-21-12/h1-6H,7H2,(H,16,18)(H,17,19). The smallest absolute Gasteiger partial charge is 0.280 e. The van der Waals surface area contributed by atoms with Gasteiger partial charge in [-0.15, -0.1) is 11.3 Å². The summed E-state index contributed by atoms with van der Waals surface area (Å²) in [6.07, 6.45) is 0. The van der Waals surface area contributed by atoms with Gasteiger partial charge in [-0.3, -0.25) is 20.4 Å². The lowest BCUT2D eigenvalue weighted by molar-refractivity contribution is -0.123. The van der Waals surface area contributed by atoms with E-state index in [0.29, 0.717) is 15.1 Å². The molecule has 21 heavy (non-hydrogen) atoms. The zero-order chi connectivity index (χ0) is 15.2. The molecular formula is C13H10Br2N2O3S. The Balaban J connectivity index is 1.76. The summed E-state index contributed by atoms with van der Waals surface area (Å²) in [5.74, 6) is -0.256. The molecule has 2 amide bonds. The van der Waals surface area contributed by atoms with E-state index >= 15 is 0 Å². The molecule has 0 fully saturated rings. The van der Waals surface area contributed by atoms with Crippen molar-refractivity contribution in [2.75, 3.05) is 6.61 Å². The SMILES string of the molecule is O=C(COc1ccc(Br)cc1)NNC(=O)c1sccc1Br. The van der Waals surface area contributed by atoms with Crippen LogP contribution in [0.1, 0.15) is 9.67 Å². The van der Waals surface area contributed by atoms with Gasteiger partial charge in [-0.05, 0) is 51.6 Å². The maximum absolute atomic E-state index is 11.8. The van der Waals surface area contributed by atoms with E-state index in [1.165, 1.54) is 11.3 Å². The van der Waals surface area contributed by atoms with Gasteiger partial charge in [0.1, 0.15) is 10.6 Å². The molecule has 5 nitrogen and oxygen atoms in total. The predicted molar refractivity (Wildman–Crippen MR) is 87.3 cm³/mol. The monoisotopic (exact) mass is 432 g/mol. The first-order valence-corrected chi connectivity index (χ1v) is 8.23. The Bertz CT molecular complexity index is 643. The highest BCUT2D eigenvalue weighted by Gasteiger charge is 2.12. The fourth-order valence-corrected chi connectivity index (χ4v) is 3.07. The molecule has 1 aromatic carbocycles. The summed E-state index contributed by atoms with van der Waals surface area (Å²) in [7, 11) is 0.